The van der Waals surface area contributed by atoms with Crippen molar-refractivity contribution < 1.29 is 72.3 Å². The molecule has 0 heterocycles. The number of phenolic OH excluding ortho intramolecular Hbond substituents is 1. The molecule has 6 unspecified atom stereocenters. The first kappa shape index (κ1) is 65.4. The van der Waals surface area contributed by atoms with E-state index in [0.717, 1.165) is 35.8 Å². The fourth-order valence-corrected chi connectivity index (χ4v) is 12.5. The second-order valence-electron chi connectivity index (χ2n) is 18.2. The number of hydrogen-bond donors (Lipinski definition) is 3. The van der Waals surface area contributed by atoms with Crippen LogP contribution >= 0.6 is 0 Å². The average molecular weight is 1170 g/mol. The minimum Gasteiger partial charge on any atom is -0.744 e. The van der Waals surface area contributed by atoms with Crippen molar-refractivity contribution in [2.75, 3.05) is 6.61 Å². The molecule has 20 heteroatoms. The van der Waals surface area contributed by atoms with Gasteiger partial charge in [0.05, 0.1) is 31.6 Å². The molecule has 0 amide bonds. The molecule has 79 heavy (non-hydrogen) atoms. The van der Waals surface area contributed by atoms with E-state index >= 15 is 0 Å². The molecule has 0 fully saturated rings. The van der Waals surface area contributed by atoms with Crippen LogP contribution in [0, 0.1) is 13.8 Å². The van der Waals surface area contributed by atoms with E-state index in [4.69, 9.17) is 9.84 Å². The highest BCUT2D eigenvalue weighted by Gasteiger charge is 2.51. The summed E-state index contributed by atoms with van der Waals surface area (Å²) in [5.41, 5.74) is -3.55. The number of ether oxygens (including phenoxy) is 1. The van der Waals surface area contributed by atoms with Gasteiger partial charge < -0.3 is 29.2 Å². The number of allylic oxidation sites excluding steroid dienone is 6. The minimum absolute atomic E-state index is 0.00488. The van der Waals surface area contributed by atoms with Crippen LogP contribution in [-0.4, -0.2) is 81.9 Å². The van der Waals surface area contributed by atoms with Crippen molar-refractivity contribution in [1.29, 1.82) is 0 Å². The van der Waals surface area contributed by atoms with Crippen molar-refractivity contribution in [2.45, 2.75) is 117 Å². The van der Waals surface area contributed by atoms with Gasteiger partial charge in [-0.1, -0.05) is 115 Å². The van der Waals surface area contributed by atoms with E-state index < -0.39 is 50.4 Å². The van der Waals surface area contributed by atoms with Crippen molar-refractivity contribution in [2.24, 2.45) is 0 Å². The lowest BCUT2D eigenvalue weighted by Gasteiger charge is -2.26. The Morgan fingerprint density at radius 1 is 0.519 bits per heavy atom. The predicted octanol–water partition coefficient (Wildman–Crippen LogP) is 13.1. The maximum atomic E-state index is 12.8. The molecule has 0 aromatic heterocycles. The summed E-state index contributed by atoms with van der Waals surface area (Å²) in [6.45, 7) is 5.54. The second kappa shape index (κ2) is 29.4. The molecule has 2 aliphatic carbocycles. The van der Waals surface area contributed by atoms with Gasteiger partial charge in [0.2, 0.25) is 0 Å². The topological polar surface area (TPSA) is 184 Å². The lowest BCUT2D eigenvalue weighted by molar-refractivity contribution is -0.260. The standard InChI is InChI=1S/C22H22F3O2S.C18H16OS.2C7H8O3S.C5H9F3O/c1-21(26,22(23,24)25)16-27-17-12-14-20(15-13-17)28(18-8-4-2-5-9-18)19-10-6-3-7-11-19;19-15-11-13-18(14-12-15)20(16-7-3-1-4-8-16)17-9-5-2-6-10-17;2*1-6-2-4-7(5-3-6)11(8,9)10;1-3-4(2,9)5(6,7)8/h2-10,12-15,19,26H,11,16H2,1H3;1-9,11-14,17H,10H2;2*2-5H,1H3,(H,8,9,10);9H,3H2,1-2H3/q+1;;;;/p-1. The number of aliphatic hydroxyl groups is 2. The van der Waals surface area contributed by atoms with E-state index in [1.807, 2.05) is 68.5 Å². The van der Waals surface area contributed by atoms with E-state index in [0.29, 0.717) is 28.9 Å². The van der Waals surface area contributed by atoms with Crippen LogP contribution in [-0.2, 0) is 42.0 Å². The summed E-state index contributed by atoms with van der Waals surface area (Å²) in [6.07, 6.45) is 9.64. The summed E-state index contributed by atoms with van der Waals surface area (Å²) in [6, 6.07) is 47.1. The van der Waals surface area contributed by atoms with Gasteiger partial charge in [-0.3, -0.25) is 0 Å². The molecule has 0 saturated heterocycles. The first-order chi connectivity index (χ1) is 36.9. The number of halogens is 6. The largest absolute Gasteiger partial charge is 0.744 e. The molecule has 10 nitrogen and oxygen atoms in total. The normalized spacial score (nSPS) is 17.2. The maximum absolute atomic E-state index is 12.8. The highest BCUT2D eigenvalue weighted by Crippen LogP contribution is 2.36. The molecule has 6 aromatic carbocycles. The first-order valence-corrected chi connectivity index (χ1v) is 29.7. The van der Waals surface area contributed by atoms with E-state index in [-0.39, 0.29) is 38.0 Å². The summed E-state index contributed by atoms with van der Waals surface area (Å²) in [5.74, 6) is 0.619. The van der Waals surface area contributed by atoms with Gasteiger partial charge in [-0.05, 0) is 143 Å². The smallest absolute Gasteiger partial charge is 0.420 e. The van der Waals surface area contributed by atoms with Crippen LogP contribution in [0.4, 0.5) is 26.3 Å². The Morgan fingerprint density at radius 3 is 1.15 bits per heavy atom. The molecule has 6 atom stereocenters. The average Bonchev–Trinajstić information content (AvgIpc) is 3.40. The SMILES string of the molecule is CC(O)(COc1ccc([S+](c2ccccc2)C2C=CC=CC2)cc1)C(F)(F)F.CCC(C)(O)C(F)(F)F.Cc1ccc(S(=O)(=O)[O-])cc1.Cc1ccc(S(=O)(=O)[O-])cc1.Oc1ccc([S+](c2ccccc2)C2C=CC=CC2)cc1. The van der Waals surface area contributed by atoms with Crippen LogP contribution in [0.1, 0.15) is 51.2 Å². The Bertz CT molecular complexity index is 3080. The van der Waals surface area contributed by atoms with Gasteiger partial charge in [0.25, 0.3) is 0 Å². The van der Waals surface area contributed by atoms with Crippen LogP contribution in [0.5, 0.6) is 11.5 Å². The van der Waals surface area contributed by atoms with E-state index in [9.17, 15) is 62.5 Å². The predicted molar refractivity (Wildman–Crippen MR) is 296 cm³/mol. The van der Waals surface area contributed by atoms with Gasteiger partial charge in [0.1, 0.15) is 38.3 Å². The highest BCUT2D eigenvalue weighted by molar-refractivity contribution is 7.98. The third kappa shape index (κ3) is 21.1. The Labute approximate surface area is 464 Å². The molecule has 8 rings (SSSR count). The molecule has 3 N–H and O–H groups in total. The Kier molecular flexibility index (Phi) is 24.3. The molecular formula is C59H62F6O10S4. The third-order valence-corrected chi connectivity index (χ3v) is 18.4. The zero-order chi connectivity index (χ0) is 58.7. The molecule has 2 aliphatic rings. The monoisotopic (exact) mass is 1170 g/mol. The quantitative estimate of drug-likeness (QED) is 0.0605. The zero-order valence-electron chi connectivity index (χ0n) is 43.7. The van der Waals surface area contributed by atoms with Crippen LogP contribution in [0.2, 0.25) is 0 Å². The number of alkyl halides is 6. The van der Waals surface area contributed by atoms with Crippen molar-refractivity contribution in [3.63, 3.8) is 0 Å². The van der Waals surface area contributed by atoms with Gasteiger partial charge in [0, 0.05) is 12.8 Å². The van der Waals surface area contributed by atoms with Gasteiger partial charge in [0.15, 0.2) is 41.3 Å². The summed E-state index contributed by atoms with van der Waals surface area (Å²) in [7, 11) is -8.74. The number of hydrogen-bond acceptors (Lipinski definition) is 10. The second-order valence-corrected chi connectivity index (χ2v) is 25.4. The van der Waals surface area contributed by atoms with Crippen molar-refractivity contribution in [3.8, 4) is 11.5 Å². The first-order valence-electron chi connectivity index (χ1n) is 24.3. The van der Waals surface area contributed by atoms with Gasteiger partial charge in [-0.2, -0.15) is 26.3 Å². The van der Waals surface area contributed by atoms with Gasteiger partial charge >= 0.3 is 12.4 Å². The number of aryl methyl sites for hydroxylation is 2. The number of benzene rings is 6. The lowest BCUT2D eigenvalue weighted by Crippen LogP contribution is -2.47. The molecule has 0 bridgehead atoms. The maximum Gasteiger partial charge on any atom is 0.420 e. The molecule has 0 aliphatic heterocycles. The van der Waals surface area contributed by atoms with Crippen molar-refractivity contribution >= 4 is 42.0 Å². The Hall–Kier alpha value is -6.10. The van der Waals surface area contributed by atoms with Gasteiger partial charge in [-0.15, -0.1) is 0 Å². The molecule has 0 spiro atoms. The van der Waals surface area contributed by atoms with Crippen molar-refractivity contribution in [3.05, 3.63) is 217 Å². The van der Waals surface area contributed by atoms with Crippen LogP contribution in [0.25, 0.3) is 0 Å². The lowest BCUT2D eigenvalue weighted by atomic mass is 10.0. The van der Waals surface area contributed by atoms with Gasteiger partial charge in [-0.25, -0.2) is 16.8 Å². The molecule has 424 valence electrons. The fourth-order valence-electron chi connectivity index (χ4n) is 6.76. The van der Waals surface area contributed by atoms with Crippen LogP contribution in [0.3, 0.4) is 0 Å². The summed E-state index contributed by atoms with van der Waals surface area (Å²) < 4.78 is 141. The number of rotatable bonds is 12. The summed E-state index contributed by atoms with van der Waals surface area (Å²) >= 11 is 0. The van der Waals surface area contributed by atoms with Crippen LogP contribution in [0.15, 0.2) is 236 Å². The Balaban J connectivity index is 0.000000229. The molecule has 0 radical (unpaired) electrons. The summed E-state index contributed by atoms with van der Waals surface area (Å²) in [4.78, 5) is 4.57. The minimum atomic E-state index is -4.74. The Morgan fingerprint density at radius 2 is 0.861 bits per heavy atom. The number of phenols is 1. The fraction of sp³-hybridized carbons (Fsp3) is 0.254. The molecule has 0 saturated carbocycles. The van der Waals surface area contributed by atoms with E-state index in [2.05, 4.69) is 78.9 Å². The highest BCUT2D eigenvalue weighted by atomic mass is 32.2. The summed E-state index contributed by atoms with van der Waals surface area (Å²) in [5, 5.41) is 28.4. The van der Waals surface area contributed by atoms with E-state index in [1.165, 1.54) is 45.9 Å². The number of aromatic hydroxyl groups is 1. The molecule has 6 aromatic rings. The van der Waals surface area contributed by atoms with Crippen molar-refractivity contribution in [1.82, 2.24) is 0 Å². The molecular weight excluding hydrogens is 1110 g/mol. The third-order valence-electron chi connectivity index (χ3n) is 11.7. The van der Waals surface area contributed by atoms with Crippen LogP contribution < -0.4 is 4.74 Å². The van der Waals surface area contributed by atoms with E-state index in [1.54, 1.807) is 48.5 Å². The zero-order valence-corrected chi connectivity index (χ0v) is 47.0.